The van der Waals surface area contributed by atoms with E-state index in [0.29, 0.717) is 6.54 Å². The van der Waals surface area contributed by atoms with Crippen LogP contribution in [0, 0.1) is 23.6 Å². The lowest BCUT2D eigenvalue weighted by Crippen LogP contribution is -2.41. The van der Waals surface area contributed by atoms with Crippen LogP contribution in [0.2, 0.25) is 0 Å². The number of halogens is 1. The van der Waals surface area contributed by atoms with Crippen molar-refractivity contribution in [2.45, 2.75) is 33.7 Å². The second kappa shape index (κ2) is 7.39. The van der Waals surface area contributed by atoms with E-state index in [-0.39, 0.29) is 35.5 Å². The molecule has 0 aliphatic carbocycles. The fourth-order valence-electron chi connectivity index (χ4n) is 2.25. The average molecular weight is 280 g/mol. The highest BCUT2D eigenvalue weighted by Gasteiger charge is 2.25. The van der Waals surface area contributed by atoms with Crippen molar-refractivity contribution in [3.63, 3.8) is 0 Å². The smallest absolute Gasteiger partial charge is 0.225 e. The number of hydrogen-bond donors (Lipinski definition) is 2. The molecular weight excluding hydrogens is 255 g/mol. The summed E-state index contributed by atoms with van der Waals surface area (Å²) in [5, 5.41) is 3.04. The molecule has 1 aromatic carbocycles. The Hall–Kier alpha value is -1.42. The minimum atomic E-state index is -0.274. The van der Waals surface area contributed by atoms with Crippen LogP contribution >= 0.6 is 0 Å². The maximum atomic E-state index is 13.0. The molecule has 0 aliphatic heterocycles. The van der Waals surface area contributed by atoms with E-state index in [1.807, 2.05) is 27.7 Å². The van der Waals surface area contributed by atoms with Gasteiger partial charge in [-0.2, -0.15) is 0 Å². The van der Waals surface area contributed by atoms with E-state index in [2.05, 4.69) is 5.32 Å². The number of benzene rings is 1. The molecule has 0 fully saturated rings. The van der Waals surface area contributed by atoms with Crippen molar-refractivity contribution in [2.75, 3.05) is 6.54 Å². The normalized spacial score (nSPS) is 14.4. The molecule has 1 rings (SSSR count). The van der Waals surface area contributed by atoms with Crippen molar-refractivity contribution in [1.29, 1.82) is 0 Å². The lowest BCUT2D eigenvalue weighted by atomic mass is 9.92. The molecule has 3 N–H and O–H groups in total. The van der Waals surface area contributed by atoms with E-state index in [1.54, 1.807) is 12.1 Å². The van der Waals surface area contributed by atoms with Gasteiger partial charge in [0.2, 0.25) is 5.91 Å². The van der Waals surface area contributed by atoms with Crippen LogP contribution in [-0.2, 0) is 4.79 Å². The molecule has 2 atom stereocenters. The number of amides is 1. The van der Waals surface area contributed by atoms with Gasteiger partial charge in [-0.25, -0.2) is 4.39 Å². The summed E-state index contributed by atoms with van der Waals surface area (Å²) in [5.41, 5.74) is 6.59. The van der Waals surface area contributed by atoms with Crippen LogP contribution in [0.5, 0.6) is 0 Å². The topological polar surface area (TPSA) is 55.1 Å². The predicted octanol–water partition coefficient (Wildman–Crippen LogP) is 2.87. The lowest BCUT2D eigenvalue weighted by molar-refractivity contribution is -0.127. The van der Waals surface area contributed by atoms with E-state index in [4.69, 9.17) is 5.73 Å². The van der Waals surface area contributed by atoms with Gasteiger partial charge in [-0.15, -0.1) is 0 Å². The molecule has 0 aromatic heterocycles. The van der Waals surface area contributed by atoms with Gasteiger partial charge in [-0.05, 0) is 29.5 Å². The zero-order chi connectivity index (χ0) is 15.3. The van der Waals surface area contributed by atoms with Gasteiger partial charge in [0.25, 0.3) is 0 Å². The van der Waals surface area contributed by atoms with Gasteiger partial charge >= 0.3 is 0 Å². The van der Waals surface area contributed by atoms with Crippen molar-refractivity contribution in [3.05, 3.63) is 35.6 Å². The van der Waals surface area contributed by atoms with Gasteiger partial charge in [0.15, 0.2) is 0 Å². The molecule has 0 spiro atoms. The number of carbonyl (C=O) groups is 1. The molecule has 0 saturated heterocycles. The number of carbonyl (C=O) groups excluding carboxylic acids is 1. The first-order chi connectivity index (χ1) is 9.36. The summed E-state index contributed by atoms with van der Waals surface area (Å²) in [6.45, 7) is 8.36. The van der Waals surface area contributed by atoms with Gasteiger partial charge in [0.1, 0.15) is 5.82 Å². The Morgan fingerprint density at radius 1 is 1.15 bits per heavy atom. The zero-order valence-corrected chi connectivity index (χ0v) is 12.7. The summed E-state index contributed by atoms with van der Waals surface area (Å²) in [6, 6.07) is 6.13. The van der Waals surface area contributed by atoms with Crippen molar-refractivity contribution < 1.29 is 9.18 Å². The van der Waals surface area contributed by atoms with E-state index in [9.17, 15) is 9.18 Å². The van der Waals surface area contributed by atoms with Crippen LogP contribution < -0.4 is 11.1 Å². The van der Waals surface area contributed by atoms with E-state index >= 15 is 0 Å². The number of nitrogens with two attached hydrogens (primary N) is 1. The molecule has 4 heteroatoms. The van der Waals surface area contributed by atoms with Gasteiger partial charge < -0.3 is 11.1 Å². The molecule has 0 aliphatic rings. The first-order valence-electron chi connectivity index (χ1n) is 7.12. The lowest BCUT2D eigenvalue weighted by Gasteiger charge is -2.26. The highest BCUT2D eigenvalue weighted by Crippen LogP contribution is 2.23. The van der Waals surface area contributed by atoms with Crippen LogP contribution in [-0.4, -0.2) is 12.5 Å². The Kier molecular flexibility index (Phi) is 6.14. The Balaban J connectivity index is 2.88. The third-order valence-corrected chi connectivity index (χ3v) is 3.59. The van der Waals surface area contributed by atoms with Crippen LogP contribution in [0.1, 0.15) is 39.3 Å². The van der Waals surface area contributed by atoms with Crippen LogP contribution in [0.4, 0.5) is 4.39 Å². The fraction of sp³-hybridized carbons (Fsp3) is 0.562. The fourth-order valence-corrected chi connectivity index (χ4v) is 2.25. The van der Waals surface area contributed by atoms with Gasteiger partial charge in [-0.1, -0.05) is 39.8 Å². The van der Waals surface area contributed by atoms with Crippen molar-refractivity contribution in [3.8, 4) is 0 Å². The van der Waals surface area contributed by atoms with Crippen LogP contribution in [0.15, 0.2) is 24.3 Å². The molecule has 1 amide bonds. The minimum absolute atomic E-state index is 0.0366. The summed E-state index contributed by atoms with van der Waals surface area (Å²) in [5.74, 6) is -0.0946. The van der Waals surface area contributed by atoms with Crippen LogP contribution in [0.25, 0.3) is 0 Å². The predicted molar refractivity (Wildman–Crippen MR) is 79.5 cm³/mol. The highest BCUT2D eigenvalue weighted by molar-refractivity contribution is 5.79. The van der Waals surface area contributed by atoms with Gasteiger partial charge in [0, 0.05) is 6.54 Å². The molecule has 2 unspecified atom stereocenters. The molecule has 0 radical (unpaired) electrons. The Labute approximate surface area is 120 Å². The maximum Gasteiger partial charge on any atom is 0.225 e. The standard InChI is InChI=1S/C16H25FN2O/c1-10(2)14(9-18)16(20)19-15(11(3)4)12-5-7-13(17)8-6-12/h5-8,10-11,14-15H,9,18H2,1-4H3,(H,19,20). The third-order valence-electron chi connectivity index (χ3n) is 3.59. The second-order valence-electron chi connectivity index (χ2n) is 5.87. The molecule has 0 bridgehead atoms. The van der Waals surface area contributed by atoms with E-state index in [0.717, 1.165) is 5.56 Å². The highest BCUT2D eigenvalue weighted by atomic mass is 19.1. The third kappa shape index (κ3) is 4.30. The molecule has 3 nitrogen and oxygen atoms in total. The number of nitrogens with one attached hydrogen (secondary N) is 1. The molecule has 20 heavy (non-hydrogen) atoms. The quantitative estimate of drug-likeness (QED) is 0.842. The van der Waals surface area contributed by atoms with E-state index < -0.39 is 0 Å². The Morgan fingerprint density at radius 2 is 1.70 bits per heavy atom. The SMILES string of the molecule is CC(C)C(CN)C(=O)NC(c1ccc(F)cc1)C(C)C. The monoisotopic (exact) mass is 280 g/mol. The molecule has 0 saturated carbocycles. The zero-order valence-electron chi connectivity index (χ0n) is 12.7. The van der Waals surface area contributed by atoms with Crippen molar-refractivity contribution in [2.24, 2.45) is 23.5 Å². The summed E-state index contributed by atoms with van der Waals surface area (Å²) >= 11 is 0. The van der Waals surface area contributed by atoms with Crippen LogP contribution in [0.3, 0.4) is 0 Å². The Morgan fingerprint density at radius 3 is 2.10 bits per heavy atom. The number of rotatable bonds is 6. The first kappa shape index (κ1) is 16.6. The average Bonchev–Trinajstić information content (AvgIpc) is 2.37. The summed E-state index contributed by atoms with van der Waals surface area (Å²) in [7, 11) is 0. The molecule has 112 valence electrons. The summed E-state index contributed by atoms with van der Waals surface area (Å²) in [4.78, 5) is 12.3. The molecular formula is C16H25FN2O. The first-order valence-corrected chi connectivity index (χ1v) is 7.12. The molecule has 0 heterocycles. The maximum absolute atomic E-state index is 13.0. The second-order valence-corrected chi connectivity index (χ2v) is 5.87. The summed E-state index contributed by atoms with van der Waals surface area (Å²) in [6.07, 6.45) is 0. The Bertz CT molecular complexity index is 429. The van der Waals surface area contributed by atoms with Gasteiger partial charge in [0.05, 0.1) is 12.0 Å². The van der Waals surface area contributed by atoms with Crippen molar-refractivity contribution in [1.82, 2.24) is 5.32 Å². The molecule has 1 aromatic rings. The largest absolute Gasteiger partial charge is 0.349 e. The van der Waals surface area contributed by atoms with E-state index in [1.165, 1.54) is 12.1 Å². The summed E-state index contributed by atoms with van der Waals surface area (Å²) < 4.78 is 13.0. The van der Waals surface area contributed by atoms with Crippen molar-refractivity contribution >= 4 is 5.91 Å². The minimum Gasteiger partial charge on any atom is -0.349 e. The van der Waals surface area contributed by atoms with Gasteiger partial charge in [-0.3, -0.25) is 4.79 Å². The number of hydrogen-bond acceptors (Lipinski definition) is 2.